The van der Waals surface area contributed by atoms with Gasteiger partial charge < -0.3 is 38.6 Å². The standard InChI is InChI=1S/C92H66O8S2/c93-47-49-95-77-41-33-57-15-1-5-19-65(57)85(77)87-67-21-7-3-17-59(67)35-43-79(87)97-51-53-99-81-45-37-61-55-63(71-25-13-27-75-73-23-9-11-29-83(73)101-91(71)75)31-39-69(61)89(81)90-70-40-32-64(72-26-14-28-76-74-24-10-12-30-84(74)102-92(72)76)56-62(70)38-46-82(90)100-54-52-98-80-44-36-60-18-4-8-22-68(60)88(80)86-66-20-6-2-16-58(66)34-42-78(86)96-50-48-94/h1-46,55-56,93-94H,47-54H2. The van der Waals surface area contributed by atoms with Crippen LogP contribution in [0.3, 0.4) is 0 Å². The Morgan fingerprint density at radius 2 is 0.480 bits per heavy atom. The molecular formula is C92H66O8S2. The molecule has 102 heavy (non-hydrogen) atoms. The predicted molar refractivity (Wildman–Crippen MR) is 424 cm³/mol. The first kappa shape index (κ1) is 62.5. The Hall–Kier alpha value is -11.8. The van der Waals surface area contributed by atoms with Gasteiger partial charge >= 0.3 is 0 Å². The third-order valence-corrected chi connectivity index (χ3v) is 22.0. The van der Waals surface area contributed by atoms with Crippen LogP contribution in [0.15, 0.2) is 291 Å². The summed E-state index contributed by atoms with van der Waals surface area (Å²) < 4.78 is 46.2. The fourth-order valence-corrected chi connectivity index (χ4v) is 17.6. The molecule has 0 atom stereocenters. The van der Waals surface area contributed by atoms with Gasteiger partial charge in [0.2, 0.25) is 0 Å². The minimum absolute atomic E-state index is 0.124. The van der Waals surface area contributed by atoms with Crippen LogP contribution in [0.25, 0.3) is 161 Å². The molecule has 494 valence electrons. The molecule has 18 aromatic rings. The van der Waals surface area contributed by atoms with Crippen molar-refractivity contribution in [1.82, 2.24) is 0 Å². The maximum atomic E-state index is 10.0. The molecule has 16 aromatic carbocycles. The molecule has 2 N–H and O–H groups in total. The molecule has 0 radical (unpaired) electrons. The number of ether oxygens (including phenoxy) is 6. The minimum atomic E-state index is -0.124. The highest BCUT2D eigenvalue weighted by atomic mass is 32.1. The maximum absolute atomic E-state index is 10.0. The van der Waals surface area contributed by atoms with E-state index in [0.717, 1.165) is 109 Å². The first-order valence-electron chi connectivity index (χ1n) is 34.5. The SMILES string of the molecule is OCCOc1ccc2ccccc2c1-c1c(OCCOc2ccc3cc(-c4cccc5c4sc4ccccc45)ccc3c2-c2c(OCCOc3ccc4ccccc4c3-c3c(OCCO)ccc4ccccc34)ccc3cc(-c4cccc5c4sc4ccccc45)ccc23)ccc2ccccc12. The zero-order valence-corrected chi connectivity index (χ0v) is 57.2. The van der Waals surface area contributed by atoms with Gasteiger partial charge in [0.1, 0.15) is 74.1 Å². The van der Waals surface area contributed by atoms with Crippen LogP contribution in [-0.4, -0.2) is 63.1 Å². The first-order valence-corrected chi connectivity index (χ1v) is 36.2. The van der Waals surface area contributed by atoms with Crippen LogP contribution in [0.4, 0.5) is 0 Å². The molecule has 0 bridgehead atoms. The van der Waals surface area contributed by atoms with Crippen LogP contribution in [0.5, 0.6) is 34.5 Å². The zero-order chi connectivity index (χ0) is 68.0. The second kappa shape index (κ2) is 27.1. The van der Waals surface area contributed by atoms with Crippen LogP contribution in [0.1, 0.15) is 0 Å². The van der Waals surface area contributed by atoms with Crippen molar-refractivity contribution in [2.75, 3.05) is 52.9 Å². The van der Waals surface area contributed by atoms with Crippen LogP contribution in [-0.2, 0) is 0 Å². The summed E-state index contributed by atoms with van der Waals surface area (Å²) in [5.41, 5.74) is 9.95. The monoisotopic (exact) mass is 1360 g/mol. The van der Waals surface area contributed by atoms with Gasteiger partial charge in [-0.1, -0.05) is 231 Å². The van der Waals surface area contributed by atoms with E-state index in [2.05, 4.69) is 243 Å². The number of fused-ring (bicyclic) bond motifs is 12. The molecule has 0 saturated carbocycles. The van der Waals surface area contributed by atoms with E-state index in [9.17, 15) is 10.2 Å². The maximum Gasteiger partial charge on any atom is 0.128 e. The second-order valence-corrected chi connectivity index (χ2v) is 27.6. The van der Waals surface area contributed by atoms with Crippen LogP contribution in [0.2, 0.25) is 0 Å². The summed E-state index contributed by atoms with van der Waals surface area (Å²) in [5.74, 6) is 4.01. The fourth-order valence-electron chi connectivity index (χ4n) is 15.1. The lowest BCUT2D eigenvalue weighted by molar-refractivity contribution is 0.202. The van der Waals surface area contributed by atoms with E-state index in [4.69, 9.17) is 28.4 Å². The summed E-state index contributed by atoms with van der Waals surface area (Å²) in [6.45, 7) is 0.815. The van der Waals surface area contributed by atoms with Gasteiger partial charge in [-0.05, 0) is 148 Å². The van der Waals surface area contributed by atoms with Gasteiger partial charge in [0.25, 0.3) is 0 Å². The summed E-state index contributed by atoms with van der Waals surface area (Å²) in [4.78, 5) is 0. The van der Waals surface area contributed by atoms with Gasteiger partial charge in [-0.2, -0.15) is 0 Å². The highest BCUT2D eigenvalue weighted by Gasteiger charge is 2.25. The highest BCUT2D eigenvalue weighted by molar-refractivity contribution is 7.26. The minimum Gasteiger partial charge on any atom is -0.491 e. The molecule has 0 amide bonds. The summed E-state index contributed by atoms with van der Waals surface area (Å²) in [6, 6.07) is 103. The Balaban J connectivity index is 0.769. The Bertz CT molecular complexity index is 5910. The molecule has 18 rings (SSSR count). The fraction of sp³-hybridized carbons (Fsp3) is 0.0870. The van der Waals surface area contributed by atoms with Gasteiger partial charge in [0, 0.05) is 73.7 Å². The lowest BCUT2D eigenvalue weighted by Crippen LogP contribution is -2.12. The number of aliphatic hydroxyl groups excluding tert-OH is 2. The average molecular weight is 1360 g/mol. The Kier molecular flexibility index (Phi) is 16.6. The van der Waals surface area contributed by atoms with Gasteiger partial charge in [0.05, 0.1) is 13.2 Å². The molecule has 2 heterocycles. The van der Waals surface area contributed by atoms with Crippen LogP contribution >= 0.6 is 22.7 Å². The van der Waals surface area contributed by atoms with E-state index in [1.807, 2.05) is 71.2 Å². The van der Waals surface area contributed by atoms with E-state index in [0.29, 0.717) is 34.5 Å². The van der Waals surface area contributed by atoms with Crippen molar-refractivity contribution in [3.8, 4) is 90.1 Å². The second-order valence-electron chi connectivity index (χ2n) is 25.5. The van der Waals surface area contributed by atoms with Gasteiger partial charge in [-0.3, -0.25) is 0 Å². The third kappa shape index (κ3) is 11.3. The number of thiophene rings is 2. The van der Waals surface area contributed by atoms with Crippen molar-refractivity contribution in [3.63, 3.8) is 0 Å². The molecule has 0 spiro atoms. The first-order chi connectivity index (χ1) is 50.5. The lowest BCUT2D eigenvalue weighted by Gasteiger charge is -2.22. The molecule has 2 aromatic heterocycles. The van der Waals surface area contributed by atoms with E-state index < -0.39 is 0 Å². The lowest BCUT2D eigenvalue weighted by atomic mass is 9.89. The Morgan fingerprint density at radius 1 is 0.216 bits per heavy atom. The van der Waals surface area contributed by atoms with Crippen molar-refractivity contribution in [1.29, 1.82) is 0 Å². The van der Waals surface area contributed by atoms with E-state index in [1.54, 1.807) is 0 Å². The summed E-state index contributed by atoms with van der Waals surface area (Å²) in [7, 11) is 0. The molecule has 0 saturated heterocycles. The smallest absolute Gasteiger partial charge is 0.128 e. The zero-order valence-electron chi connectivity index (χ0n) is 55.5. The Morgan fingerprint density at radius 3 is 0.804 bits per heavy atom. The molecule has 0 aliphatic carbocycles. The average Bonchev–Trinajstić information content (AvgIpc) is 0.898. The summed E-state index contributed by atoms with van der Waals surface area (Å²) in [5, 5.41) is 37.4. The van der Waals surface area contributed by atoms with Crippen molar-refractivity contribution in [2.24, 2.45) is 0 Å². The van der Waals surface area contributed by atoms with E-state index in [1.165, 1.54) is 51.5 Å². The van der Waals surface area contributed by atoms with Crippen LogP contribution in [0, 0.1) is 0 Å². The highest BCUT2D eigenvalue weighted by Crippen LogP contribution is 2.52. The number of benzene rings is 16. The van der Waals surface area contributed by atoms with Crippen molar-refractivity contribution >= 4 is 128 Å². The molecule has 0 unspecified atom stereocenters. The molecule has 8 nitrogen and oxygen atoms in total. The molecule has 10 heteroatoms. The van der Waals surface area contributed by atoms with E-state index >= 15 is 0 Å². The van der Waals surface area contributed by atoms with Crippen molar-refractivity contribution in [3.05, 3.63) is 291 Å². The molecule has 0 aliphatic rings. The summed E-state index contributed by atoms with van der Waals surface area (Å²) in [6.07, 6.45) is 0. The van der Waals surface area contributed by atoms with Crippen molar-refractivity contribution in [2.45, 2.75) is 0 Å². The quantitative estimate of drug-likeness (QED) is 0.0687. The van der Waals surface area contributed by atoms with Crippen molar-refractivity contribution < 1.29 is 38.6 Å². The number of rotatable bonds is 21. The normalized spacial score (nSPS) is 11.7. The van der Waals surface area contributed by atoms with Gasteiger partial charge in [-0.15, -0.1) is 22.7 Å². The number of hydrogen-bond acceptors (Lipinski definition) is 10. The molecule has 0 fully saturated rings. The number of aliphatic hydroxyl groups is 2. The number of hydrogen-bond donors (Lipinski definition) is 2. The van der Waals surface area contributed by atoms with E-state index in [-0.39, 0.29) is 52.9 Å². The van der Waals surface area contributed by atoms with Gasteiger partial charge in [0.15, 0.2) is 0 Å². The molecule has 0 aliphatic heterocycles. The topological polar surface area (TPSA) is 95.8 Å². The summed E-state index contributed by atoms with van der Waals surface area (Å²) >= 11 is 3.67. The predicted octanol–water partition coefficient (Wildman–Crippen LogP) is 23.3. The molecular weight excluding hydrogens is 1300 g/mol. The van der Waals surface area contributed by atoms with Gasteiger partial charge in [-0.25, -0.2) is 0 Å². The van der Waals surface area contributed by atoms with Crippen LogP contribution < -0.4 is 28.4 Å². The Labute approximate surface area is 596 Å². The third-order valence-electron chi connectivity index (χ3n) is 19.6. The largest absolute Gasteiger partial charge is 0.491 e.